The standard InChI is InChI=1S/C25H24N6O2/c1-33-25-22(15-20(16-30-25)19-8-12-26-13-9-19)31-24(32)21(14-18-6-3-2-4-7-18)29-17-23-27-10-5-11-28-23/h2-13,15-16,21,29H,14,17H2,1H3,(H,31,32)/t21-/m0/s1. The molecule has 2 N–H and O–H groups in total. The Morgan fingerprint density at radius 2 is 1.70 bits per heavy atom. The SMILES string of the molecule is COc1ncc(-c2ccncc2)cc1NC(=O)[C@H](Cc1ccccc1)NCc1ncccn1. The molecule has 8 heteroatoms. The Labute approximate surface area is 192 Å². The van der Waals surface area contributed by atoms with Crippen molar-refractivity contribution in [2.45, 2.75) is 19.0 Å². The second-order valence-corrected chi connectivity index (χ2v) is 7.29. The highest BCUT2D eigenvalue weighted by Crippen LogP contribution is 2.28. The Morgan fingerprint density at radius 1 is 0.939 bits per heavy atom. The van der Waals surface area contributed by atoms with E-state index in [4.69, 9.17) is 4.74 Å². The van der Waals surface area contributed by atoms with Crippen molar-refractivity contribution < 1.29 is 9.53 Å². The average molecular weight is 441 g/mol. The summed E-state index contributed by atoms with van der Waals surface area (Å²) in [6.45, 7) is 0.359. The van der Waals surface area contributed by atoms with Crippen molar-refractivity contribution >= 4 is 11.6 Å². The van der Waals surface area contributed by atoms with Crippen molar-refractivity contribution in [2.75, 3.05) is 12.4 Å². The van der Waals surface area contributed by atoms with Crippen molar-refractivity contribution in [1.82, 2.24) is 25.3 Å². The van der Waals surface area contributed by atoms with Gasteiger partial charge in [0.25, 0.3) is 0 Å². The lowest BCUT2D eigenvalue weighted by atomic mass is 10.0. The third-order valence-corrected chi connectivity index (χ3v) is 5.04. The molecule has 3 aromatic heterocycles. The number of amides is 1. The molecule has 1 atom stereocenters. The highest BCUT2D eigenvalue weighted by atomic mass is 16.5. The van der Waals surface area contributed by atoms with Gasteiger partial charge in [0.1, 0.15) is 11.5 Å². The second kappa shape index (κ2) is 10.9. The fourth-order valence-corrected chi connectivity index (χ4v) is 3.37. The number of nitrogens with zero attached hydrogens (tertiary/aromatic N) is 4. The van der Waals surface area contributed by atoms with Gasteiger partial charge in [0.15, 0.2) is 0 Å². The summed E-state index contributed by atoms with van der Waals surface area (Å²) in [6, 6.07) is 16.7. The molecule has 4 aromatic rings. The van der Waals surface area contributed by atoms with Gasteiger partial charge in [0, 0.05) is 36.5 Å². The van der Waals surface area contributed by atoms with Gasteiger partial charge in [-0.2, -0.15) is 0 Å². The van der Waals surface area contributed by atoms with Crippen LogP contribution in [0.3, 0.4) is 0 Å². The molecular weight excluding hydrogens is 416 g/mol. The minimum absolute atomic E-state index is 0.207. The molecule has 8 nitrogen and oxygen atoms in total. The molecule has 33 heavy (non-hydrogen) atoms. The number of aromatic nitrogens is 4. The molecule has 1 amide bonds. The number of anilines is 1. The number of hydrogen-bond donors (Lipinski definition) is 2. The maximum Gasteiger partial charge on any atom is 0.242 e. The second-order valence-electron chi connectivity index (χ2n) is 7.29. The van der Waals surface area contributed by atoms with Gasteiger partial charge in [-0.25, -0.2) is 15.0 Å². The third-order valence-electron chi connectivity index (χ3n) is 5.04. The molecule has 1 aromatic carbocycles. The number of benzene rings is 1. The molecule has 0 aliphatic rings. The van der Waals surface area contributed by atoms with Gasteiger partial charge >= 0.3 is 0 Å². The largest absolute Gasteiger partial charge is 0.480 e. The number of rotatable bonds is 9. The van der Waals surface area contributed by atoms with E-state index >= 15 is 0 Å². The molecule has 3 heterocycles. The van der Waals surface area contributed by atoms with Crippen LogP contribution in [0.25, 0.3) is 11.1 Å². The van der Waals surface area contributed by atoms with E-state index in [1.807, 2.05) is 48.5 Å². The number of pyridine rings is 2. The number of nitrogens with one attached hydrogen (secondary N) is 2. The lowest BCUT2D eigenvalue weighted by Gasteiger charge is -2.19. The van der Waals surface area contributed by atoms with Gasteiger partial charge in [0.05, 0.1) is 19.7 Å². The fraction of sp³-hybridized carbons (Fsp3) is 0.160. The molecule has 4 rings (SSSR count). The Balaban J connectivity index is 1.56. The van der Waals surface area contributed by atoms with Gasteiger partial charge in [-0.1, -0.05) is 30.3 Å². The van der Waals surface area contributed by atoms with Crippen LogP contribution < -0.4 is 15.4 Å². The van der Waals surface area contributed by atoms with E-state index in [9.17, 15) is 4.79 Å². The molecule has 0 fully saturated rings. The summed E-state index contributed by atoms with van der Waals surface area (Å²) >= 11 is 0. The van der Waals surface area contributed by atoms with E-state index in [-0.39, 0.29) is 5.91 Å². The van der Waals surface area contributed by atoms with Crippen LogP contribution in [0.1, 0.15) is 11.4 Å². The molecular formula is C25H24N6O2. The number of methoxy groups -OCH3 is 1. The zero-order valence-electron chi connectivity index (χ0n) is 18.2. The zero-order valence-corrected chi connectivity index (χ0v) is 18.2. The number of carbonyl (C=O) groups excluding carboxylic acids is 1. The van der Waals surface area contributed by atoms with E-state index in [0.29, 0.717) is 30.4 Å². The van der Waals surface area contributed by atoms with Gasteiger partial charge in [-0.15, -0.1) is 0 Å². The van der Waals surface area contributed by atoms with Gasteiger partial charge in [0.2, 0.25) is 11.8 Å². The van der Waals surface area contributed by atoms with E-state index in [0.717, 1.165) is 16.7 Å². The first-order valence-corrected chi connectivity index (χ1v) is 10.5. The van der Waals surface area contributed by atoms with E-state index < -0.39 is 6.04 Å². The van der Waals surface area contributed by atoms with Crippen molar-refractivity contribution in [3.63, 3.8) is 0 Å². The molecule has 0 spiro atoms. The smallest absolute Gasteiger partial charge is 0.242 e. The monoisotopic (exact) mass is 440 g/mol. The van der Waals surface area contributed by atoms with Crippen LogP contribution >= 0.6 is 0 Å². The van der Waals surface area contributed by atoms with Crippen LogP contribution in [0.2, 0.25) is 0 Å². The molecule has 0 saturated heterocycles. The predicted molar refractivity (Wildman–Crippen MR) is 125 cm³/mol. The van der Waals surface area contributed by atoms with Crippen LogP contribution in [0.5, 0.6) is 5.88 Å². The third kappa shape index (κ3) is 5.96. The molecule has 0 aliphatic heterocycles. The highest BCUT2D eigenvalue weighted by Gasteiger charge is 2.21. The van der Waals surface area contributed by atoms with Gasteiger partial charge < -0.3 is 10.1 Å². The summed E-state index contributed by atoms with van der Waals surface area (Å²) in [6.07, 6.45) is 8.98. The fourth-order valence-electron chi connectivity index (χ4n) is 3.37. The summed E-state index contributed by atoms with van der Waals surface area (Å²) in [5.74, 6) is 0.745. The summed E-state index contributed by atoms with van der Waals surface area (Å²) in [5.41, 5.74) is 3.32. The highest BCUT2D eigenvalue weighted by molar-refractivity contribution is 5.96. The van der Waals surface area contributed by atoms with Crippen molar-refractivity contribution in [2.24, 2.45) is 0 Å². The van der Waals surface area contributed by atoms with Crippen LogP contribution in [0, 0.1) is 0 Å². The van der Waals surface area contributed by atoms with Crippen molar-refractivity contribution in [3.8, 4) is 17.0 Å². The first-order chi connectivity index (χ1) is 16.2. The quantitative estimate of drug-likeness (QED) is 0.412. The Kier molecular flexibility index (Phi) is 7.29. The minimum atomic E-state index is -0.523. The lowest BCUT2D eigenvalue weighted by Crippen LogP contribution is -2.42. The van der Waals surface area contributed by atoms with Gasteiger partial charge in [-0.3, -0.25) is 15.1 Å². The number of carbonyl (C=O) groups is 1. The molecule has 166 valence electrons. The normalized spacial score (nSPS) is 11.5. The number of ether oxygens (including phenoxy) is 1. The first kappa shape index (κ1) is 22.0. The Morgan fingerprint density at radius 3 is 2.42 bits per heavy atom. The maximum absolute atomic E-state index is 13.3. The molecule has 0 bridgehead atoms. The van der Waals surface area contributed by atoms with Crippen LogP contribution in [-0.2, 0) is 17.8 Å². The summed E-state index contributed by atoms with van der Waals surface area (Å²) < 4.78 is 5.39. The summed E-state index contributed by atoms with van der Waals surface area (Å²) in [7, 11) is 1.52. The molecule has 0 saturated carbocycles. The predicted octanol–water partition coefficient (Wildman–Crippen LogP) is 3.28. The molecule has 0 radical (unpaired) electrons. The van der Waals surface area contributed by atoms with Crippen LogP contribution in [0.15, 0.2) is 85.6 Å². The van der Waals surface area contributed by atoms with E-state index in [2.05, 4.69) is 30.6 Å². The Hall–Kier alpha value is -4.17. The minimum Gasteiger partial charge on any atom is -0.480 e. The van der Waals surface area contributed by atoms with E-state index in [1.54, 1.807) is 37.1 Å². The molecule has 0 unspecified atom stereocenters. The number of hydrogen-bond acceptors (Lipinski definition) is 7. The average Bonchev–Trinajstić information content (AvgIpc) is 2.88. The summed E-state index contributed by atoms with van der Waals surface area (Å²) in [5, 5.41) is 6.26. The Bertz CT molecular complexity index is 1170. The maximum atomic E-state index is 13.3. The van der Waals surface area contributed by atoms with Gasteiger partial charge in [-0.05, 0) is 41.8 Å². The van der Waals surface area contributed by atoms with E-state index in [1.165, 1.54) is 7.11 Å². The summed E-state index contributed by atoms with van der Waals surface area (Å²) in [4.78, 5) is 30.2. The topological polar surface area (TPSA) is 102 Å². The van der Waals surface area contributed by atoms with Crippen LogP contribution in [-0.4, -0.2) is 39.0 Å². The zero-order chi connectivity index (χ0) is 22.9. The van der Waals surface area contributed by atoms with Crippen molar-refractivity contribution in [3.05, 3.63) is 97.0 Å². The lowest BCUT2D eigenvalue weighted by molar-refractivity contribution is -0.118. The van der Waals surface area contributed by atoms with Crippen molar-refractivity contribution in [1.29, 1.82) is 0 Å². The van der Waals surface area contributed by atoms with Crippen LogP contribution in [0.4, 0.5) is 5.69 Å². The first-order valence-electron chi connectivity index (χ1n) is 10.5. The molecule has 0 aliphatic carbocycles.